The van der Waals surface area contributed by atoms with Gasteiger partial charge in [-0.15, -0.1) is 0 Å². The lowest BCUT2D eigenvalue weighted by molar-refractivity contribution is 0.195. The minimum atomic E-state index is -0.317. The summed E-state index contributed by atoms with van der Waals surface area (Å²) in [5, 5.41) is 0. The fourth-order valence-corrected chi connectivity index (χ4v) is 14.4. The average molecular weight is 868 g/mol. The molecule has 6 aliphatic rings. The van der Waals surface area contributed by atoms with Gasteiger partial charge in [0.1, 0.15) is 0 Å². The zero-order chi connectivity index (χ0) is 46.3. The molecule has 4 atom stereocenters. The van der Waals surface area contributed by atoms with Gasteiger partial charge in [-0.25, -0.2) is 0 Å². The minimum Gasteiger partial charge on any atom is -0.335 e. The van der Waals surface area contributed by atoms with Crippen molar-refractivity contribution in [2.75, 3.05) is 14.7 Å². The predicted octanol–water partition coefficient (Wildman–Crippen LogP) is 14.2. The number of hydrogen-bond donors (Lipinski definition) is 0. The van der Waals surface area contributed by atoms with Crippen molar-refractivity contribution in [1.82, 2.24) is 0 Å². The number of fused-ring (bicyclic) bond motifs is 12. The van der Waals surface area contributed by atoms with Gasteiger partial charge in [-0.3, -0.25) is 0 Å². The first-order valence-corrected chi connectivity index (χ1v) is 25.3. The van der Waals surface area contributed by atoms with Crippen LogP contribution in [0.1, 0.15) is 161 Å². The second kappa shape index (κ2) is 13.3. The first kappa shape index (κ1) is 42.2. The van der Waals surface area contributed by atoms with Crippen LogP contribution in [0.4, 0.5) is 39.8 Å². The van der Waals surface area contributed by atoms with Crippen LogP contribution >= 0.6 is 0 Å². The van der Waals surface area contributed by atoms with E-state index in [1.165, 1.54) is 115 Å². The highest BCUT2D eigenvalue weighted by Crippen LogP contribution is 2.66. The van der Waals surface area contributed by atoms with Gasteiger partial charge in [0.25, 0.3) is 6.71 Å². The molecule has 4 aliphatic heterocycles. The van der Waals surface area contributed by atoms with Crippen molar-refractivity contribution in [2.24, 2.45) is 0 Å². The van der Waals surface area contributed by atoms with Crippen LogP contribution in [0.15, 0.2) is 115 Å². The van der Waals surface area contributed by atoms with Gasteiger partial charge < -0.3 is 14.7 Å². The molecule has 0 spiro atoms. The van der Waals surface area contributed by atoms with Crippen molar-refractivity contribution in [3.8, 4) is 0 Å². The monoisotopic (exact) mass is 868 g/mol. The van der Waals surface area contributed by atoms with Gasteiger partial charge in [-0.05, 0) is 148 Å². The summed E-state index contributed by atoms with van der Waals surface area (Å²) in [7, 11) is 0. The van der Waals surface area contributed by atoms with Crippen molar-refractivity contribution in [3.63, 3.8) is 0 Å². The minimum absolute atomic E-state index is 0.000267. The van der Waals surface area contributed by atoms with E-state index in [1.54, 1.807) is 5.56 Å². The number of para-hydroxylation sites is 1. The molecular formula is C62H70BN3. The zero-order valence-corrected chi connectivity index (χ0v) is 42.1. The highest BCUT2D eigenvalue weighted by atomic mass is 15.3. The number of nitrogens with zero attached hydrogens (tertiary/aromatic N) is 3. The predicted molar refractivity (Wildman–Crippen MR) is 283 cm³/mol. The maximum Gasteiger partial charge on any atom is 0.252 e. The molecule has 4 heteroatoms. The van der Waals surface area contributed by atoms with E-state index >= 15 is 0 Å². The van der Waals surface area contributed by atoms with Crippen LogP contribution in [-0.2, 0) is 39.0 Å². The van der Waals surface area contributed by atoms with Gasteiger partial charge in [0, 0.05) is 50.6 Å². The van der Waals surface area contributed by atoms with E-state index in [9.17, 15) is 0 Å². The van der Waals surface area contributed by atoms with E-state index in [4.69, 9.17) is 0 Å². The van der Waals surface area contributed by atoms with Crippen LogP contribution in [0.5, 0.6) is 0 Å². The van der Waals surface area contributed by atoms with Crippen LogP contribution in [0.2, 0.25) is 0 Å². The Morgan fingerprint density at radius 2 is 1.14 bits per heavy atom. The zero-order valence-electron chi connectivity index (χ0n) is 42.1. The summed E-state index contributed by atoms with van der Waals surface area (Å²) >= 11 is 0. The van der Waals surface area contributed by atoms with Gasteiger partial charge >= 0.3 is 0 Å². The molecule has 0 amide bonds. The number of hydrogen-bond acceptors (Lipinski definition) is 3. The van der Waals surface area contributed by atoms with Crippen molar-refractivity contribution in [3.05, 3.63) is 154 Å². The molecular weight excluding hydrogens is 798 g/mol. The first-order valence-electron chi connectivity index (χ1n) is 25.3. The fourth-order valence-electron chi connectivity index (χ4n) is 14.4. The second-order valence-electron chi connectivity index (χ2n) is 25.3. The summed E-state index contributed by atoms with van der Waals surface area (Å²) in [6.07, 6.45) is 7.10. The number of aryl methyl sites for hydroxylation is 1. The van der Waals surface area contributed by atoms with Crippen LogP contribution in [-0.4, -0.2) is 12.3 Å². The topological polar surface area (TPSA) is 9.72 Å². The van der Waals surface area contributed by atoms with E-state index in [-0.39, 0.29) is 44.9 Å². The fraction of sp³-hybridized carbons (Fsp3) is 0.419. The SMILES string of the molecule is CC(C)(C)c1cccc(N2c3cc(C(C)(C)C)ccc3B3c4cc(C(C)(C)C)cc5c4N(c4cc(N6c7ccccc7C7(C)CCc8ccccc8C67C)cc2c43)C2(C)CCCCC52C)c1. The molecule has 1 saturated carbocycles. The molecule has 0 N–H and O–H groups in total. The van der Waals surface area contributed by atoms with Gasteiger partial charge in [0.15, 0.2) is 0 Å². The molecule has 3 nitrogen and oxygen atoms in total. The molecule has 0 bridgehead atoms. The molecule has 2 aliphatic carbocycles. The molecule has 6 aromatic carbocycles. The molecule has 336 valence electrons. The third-order valence-electron chi connectivity index (χ3n) is 18.7. The number of anilines is 7. The Balaban J connectivity index is 1.25. The van der Waals surface area contributed by atoms with Crippen molar-refractivity contribution in [2.45, 2.75) is 167 Å². The Kier molecular flexibility index (Phi) is 8.48. The van der Waals surface area contributed by atoms with E-state index in [2.05, 4.69) is 220 Å². The lowest BCUT2D eigenvalue weighted by Crippen LogP contribution is -2.64. The average Bonchev–Trinajstić information content (AvgIpc) is 3.62. The van der Waals surface area contributed by atoms with Gasteiger partial charge in [0.2, 0.25) is 0 Å². The van der Waals surface area contributed by atoms with E-state index < -0.39 is 0 Å². The van der Waals surface area contributed by atoms with Crippen LogP contribution in [0.25, 0.3) is 0 Å². The molecule has 1 fully saturated rings. The quantitative estimate of drug-likeness (QED) is 0.160. The van der Waals surface area contributed by atoms with Gasteiger partial charge in [-0.2, -0.15) is 0 Å². The summed E-state index contributed by atoms with van der Waals surface area (Å²) < 4.78 is 0. The smallest absolute Gasteiger partial charge is 0.252 e. The van der Waals surface area contributed by atoms with Gasteiger partial charge in [-0.1, -0.05) is 168 Å². The van der Waals surface area contributed by atoms with Crippen LogP contribution < -0.4 is 31.1 Å². The Bertz CT molecular complexity index is 3050. The number of benzene rings is 6. The standard InChI is InChI=1S/C62H70BN3/c1-56(2,3)40-22-20-23-43(33-40)64-51-36-41(57(4,5)6)27-28-48(51)63-49-35-42(58(7,8)9)34-47-55(49)66(61(12)31-19-18-30-59(47,61)10)53-38-44(37-52(64)54(53)63)65-50-26-17-16-25-46(50)60(11)32-29-39-21-14-15-24-45(39)62(60,65)13/h14-17,20-28,33-38H,18-19,29-32H2,1-13H3. The first-order chi connectivity index (χ1) is 31.1. The summed E-state index contributed by atoms with van der Waals surface area (Å²) in [5.41, 5.74) is 23.4. The maximum absolute atomic E-state index is 2.94. The van der Waals surface area contributed by atoms with Crippen LogP contribution in [0, 0.1) is 0 Å². The third-order valence-corrected chi connectivity index (χ3v) is 18.7. The Labute approximate surface area is 396 Å². The largest absolute Gasteiger partial charge is 0.335 e. The van der Waals surface area contributed by atoms with Gasteiger partial charge in [0.05, 0.1) is 11.1 Å². The molecule has 6 aromatic rings. The van der Waals surface area contributed by atoms with Crippen molar-refractivity contribution in [1.29, 1.82) is 0 Å². The van der Waals surface area contributed by atoms with Crippen molar-refractivity contribution < 1.29 is 0 Å². The molecule has 0 aromatic heterocycles. The lowest BCUT2D eigenvalue weighted by atomic mass is 9.33. The second-order valence-corrected chi connectivity index (χ2v) is 25.3. The van der Waals surface area contributed by atoms with Crippen molar-refractivity contribution >= 4 is 62.9 Å². The molecule has 0 radical (unpaired) electrons. The molecule has 4 unspecified atom stereocenters. The summed E-state index contributed by atoms with van der Waals surface area (Å²) in [4.78, 5) is 8.46. The third kappa shape index (κ3) is 5.28. The summed E-state index contributed by atoms with van der Waals surface area (Å²) in [6, 6.07) is 46.5. The molecule has 4 heterocycles. The maximum atomic E-state index is 2.94. The summed E-state index contributed by atoms with van der Waals surface area (Å²) in [6.45, 7) is 32.0. The molecule has 66 heavy (non-hydrogen) atoms. The Morgan fingerprint density at radius 1 is 0.470 bits per heavy atom. The van der Waals surface area contributed by atoms with E-state index in [0.717, 1.165) is 12.8 Å². The van der Waals surface area contributed by atoms with E-state index in [1.807, 2.05) is 0 Å². The molecule has 0 saturated heterocycles. The highest BCUT2D eigenvalue weighted by Gasteiger charge is 2.63. The van der Waals surface area contributed by atoms with E-state index in [0.29, 0.717) is 0 Å². The highest BCUT2D eigenvalue weighted by molar-refractivity contribution is 7.00. The van der Waals surface area contributed by atoms with Crippen LogP contribution in [0.3, 0.4) is 0 Å². The Hall–Kier alpha value is -5.22. The summed E-state index contributed by atoms with van der Waals surface area (Å²) in [5.74, 6) is 0. The lowest BCUT2D eigenvalue weighted by Gasteiger charge is -2.54. The molecule has 12 rings (SSSR count). The Morgan fingerprint density at radius 3 is 1.88 bits per heavy atom. The normalized spacial score (nSPS) is 25.7. The number of rotatable bonds is 2.